The van der Waals surface area contributed by atoms with Crippen LogP contribution in [-0.2, 0) is 4.79 Å². The number of hydrogen-bond acceptors (Lipinski definition) is 4. The van der Waals surface area contributed by atoms with Gasteiger partial charge in [0.05, 0.1) is 12.0 Å². The number of aliphatic hydroxyl groups is 1. The zero-order chi connectivity index (χ0) is 17.7. The van der Waals surface area contributed by atoms with Crippen molar-refractivity contribution in [2.75, 3.05) is 48.8 Å². The average molecular weight is 366 g/mol. The van der Waals surface area contributed by atoms with Crippen molar-refractivity contribution in [3.63, 3.8) is 0 Å². The maximum absolute atomic E-state index is 12.4. The van der Waals surface area contributed by atoms with Crippen molar-refractivity contribution in [2.24, 2.45) is 0 Å². The maximum Gasteiger partial charge on any atom is 0.471 e. The van der Waals surface area contributed by atoms with Gasteiger partial charge in [-0.05, 0) is 24.3 Å². The lowest BCUT2D eigenvalue weighted by Gasteiger charge is -2.36. The highest BCUT2D eigenvalue weighted by molar-refractivity contribution is 6.18. The van der Waals surface area contributed by atoms with Gasteiger partial charge in [-0.1, -0.05) is 0 Å². The molecule has 1 atom stereocenters. The van der Waals surface area contributed by atoms with Crippen LogP contribution in [0.2, 0.25) is 0 Å². The largest absolute Gasteiger partial charge is 0.471 e. The van der Waals surface area contributed by atoms with Gasteiger partial charge in [-0.2, -0.15) is 13.2 Å². The highest BCUT2D eigenvalue weighted by Gasteiger charge is 2.43. The van der Waals surface area contributed by atoms with E-state index in [-0.39, 0.29) is 19.0 Å². The number of hydrogen-bond donors (Lipinski definition) is 2. The van der Waals surface area contributed by atoms with Crippen LogP contribution in [-0.4, -0.2) is 66.8 Å². The summed E-state index contributed by atoms with van der Waals surface area (Å²) in [6, 6.07) is 7.33. The van der Waals surface area contributed by atoms with Gasteiger partial charge in [0, 0.05) is 44.1 Å². The summed E-state index contributed by atoms with van der Waals surface area (Å²) in [7, 11) is 0. The first-order valence-electron chi connectivity index (χ1n) is 7.50. The Kier molecular flexibility index (Phi) is 6.17. The van der Waals surface area contributed by atoms with Crippen LogP contribution in [0.15, 0.2) is 24.3 Å². The first-order valence-corrected chi connectivity index (χ1v) is 8.03. The van der Waals surface area contributed by atoms with E-state index in [1.165, 1.54) is 0 Å². The molecule has 1 aromatic carbocycles. The van der Waals surface area contributed by atoms with Gasteiger partial charge in [0.25, 0.3) is 0 Å². The molecular weight excluding hydrogens is 347 g/mol. The smallest absolute Gasteiger partial charge is 0.390 e. The fourth-order valence-corrected chi connectivity index (χ4v) is 2.54. The summed E-state index contributed by atoms with van der Waals surface area (Å²) < 4.78 is 37.2. The van der Waals surface area contributed by atoms with Crippen LogP contribution in [0.3, 0.4) is 0 Å². The van der Waals surface area contributed by atoms with E-state index in [0.717, 1.165) is 16.3 Å². The van der Waals surface area contributed by atoms with Crippen molar-refractivity contribution in [1.82, 2.24) is 4.90 Å². The number of piperazine rings is 1. The topological polar surface area (TPSA) is 55.8 Å². The summed E-state index contributed by atoms with van der Waals surface area (Å²) in [5, 5.41) is 12.4. The third-order valence-corrected chi connectivity index (χ3v) is 4.12. The molecule has 2 N–H and O–H groups in total. The molecule has 1 fully saturated rings. The molecule has 0 radical (unpaired) electrons. The number of amides is 1. The lowest BCUT2D eigenvalue weighted by molar-refractivity contribution is -0.185. The highest BCUT2D eigenvalue weighted by Crippen LogP contribution is 2.22. The monoisotopic (exact) mass is 365 g/mol. The van der Waals surface area contributed by atoms with E-state index in [1.807, 2.05) is 29.2 Å². The Balaban J connectivity index is 1.87. The number of halogens is 4. The van der Waals surface area contributed by atoms with E-state index in [0.29, 0.717) is 19.6 Å². The van der Waals surface area contributed by atoms with Crippen LogP contribution < -0.4 is 10.2 Å². The van der Waals surface area contributed by atoms with Crippen LogP contribution >= 0.6 is 11.6 Å². The van der Waals surface area contributed by atoms with E-state index < -0.39 is 18.2 Å². The van der Waals surface area contributed by atoms with Crippen LogP contribution in [0.25, 0.3) is 0 Å². The van der Waals surface area contributed by atoms with Gasteiger partial charge < -0.3 is 20.2 Å². The van der Waals surface area contributed by atoms with Crippen LogP contribution in [0.5, 0.6) is 0 Å². The molecule has 2 rings (SSSR count). The average Bonchev–Trinajstić information content (AvgIpc) is 2.58. The second-order valence-corrected chi connectivity index (χ2v) is 5.82. The van der Waals surface area contributed by atoms with Crippen molar-refractivity contribution in [2.45, 2.75) is 12.3 Å². The Labute approximate surface area is 143 Å². The van der Waals surface area contributed by atoms with Crippen molar-refractivity contribution in [1.29, 1.82) is 0 Å². The van der Waals surface area contributed by atoms with E-state index in [1.54, 1.807) is 0 Å². The molecule has 1 unspecified atom stereocenters. The third kappa shape index (κ3) is 4.91. The number of carbonyl (C=O) groups excluding carboxylic acids is 1. The second kappa shape index (κ2) is 7.94. The molecular formula is C15H19ClF3N3O2. The van der Waals surface area contributed by atoms with Crippen molar-refractivity contribution < 1.29 is 23.1 Å². The first-order chi connectivity index (χ1) is 11.3. The van der Waals surface area contributed by atoms with Gasteiger partial charge in [-0.25, -0.2) is 0 Å². The Hall–Kier alpha value is -1.67. The summed E-state index contributed by atoms with van der Waals surface area (Å²) in [5.74, 6) is -1.63. The molecule has 1 heterocycles. The zero-order valence-corrected chi connectivity index (χ0v) is 13.6. The molecule has 0 aliphatic carbocycles. The van der Waals surface area contributed by atoms with Crippen molar-refractivity contribution in [3.8, 4) is 0 Å². The van der Waals surface area contributed by atoms with Gasteiger partial charge in [0.15, 0.2) is 0 Å². The minimum atomic E-state index is -4.82. The summed E-state index contributed by atoms with van der Waals surface area (Å²) >= 11 is 5.51. The Morgan fingerprint density at radius 1 is 1.21 bits per heavy atom. The van der Waals surface area contributed by atoms with Crippen molar-refractivity contribution in [3.05, 3.63) is 24.3 Å². The molecule has 1 aliphatic rings. The lowest BCUT2D eigenvalue weighted by atomic mass is 10.2. The first kappa shape index (κ1) is 18.7. The number of nitrogens with one attached hydrogen (secondary N) is 1. The molecule has 0 saturated carbocycles. The highest BCUT2D eigenvalue weighted by atomic mass is 35.5. The second-order valence-electron chi connectivity index (χ2n) is 5.51. The summed E-state index contributed by atoms with van der Waals surface area (Å²) in [6.07, 6.45) is -5.45. The number of alkyl halides is 4. The van der Waals surface area contributed by atoms with Gasteiger partial charge in [0.2, 0.25) is 0 Å². The van der Waals surface area contributed by atoms with Crippen LogP contribution in [0.4, 0.5) is 24.5 Å². The number of carbonyl (C=O) groups is 1. The number of anilines is 2. The Morgan fingerprint density at radius 2 is 1.79 bits per heavy atom. The molecule has 1 aliphatic heterocycles. The Bertz CT molecular complexity index is 546. The molecule has 0 bridgehead atoms. The molecule has 1 amide bonds. The number of rotatable bonds is 5. The molecule has 0 spiro atoms. The molecule has 0 aromatic heterocycles. The fourth-order valence-electron chi connectivity index (χ4n) is 2.43. The lowest BCUT2D eigenvalue weighted by Crippen LogP contribution is -2.52. The van der Waals surface area contributed by atoms with E-state index >= 15 is 0 Å². The van der Waals surface area contributed by atoms with Crippen molar-refractivity contribution >= 4 is 28.9 Å². The predicted octanol–water partition coefficient (Wildman–Crippen LogP) is 1.91. The maximum atomic E-state index is 12.4. The summed E-state index contributed by atoms with van der Waals surface area (Å²) in [4.78, 5) is 14.0. The zero-order valence-electron chi connectivity index (χ0n) is 12.9. The minimum absolute atomic E-state index is 0.0419. The summed E-state index contributed by atoms with van der Waals surface area (Å²) in [6.45, 7) is 1.11. The molecule has 5 nitrogen and oxygen atoms in total. The van der Waals surface area contributed by atoms with Gasteiger partial charge in [0.1, 0.15) is 0 Å². The van der Waals surface area contributed by atoms with Gasteiger partial charge in [-0.15, -0.1) is 11.6 Å². The summed E-state index contributed by atoms with van der Waals surface area (Å²) in [5.41, 5.74) is 1.69. The van der Waals surface area contributed by atoms with Gasteiger partial charge >= 0.3 is 12.1 Å². The SMILES string of the molecule is O=C(N1CCN(c2ccc(NCC(O)CCl)cc2)CC1)C(F)(F)F. The Morgan fingerprint density at radius 3 is 2.29 bits per heavy atom. The molecule has 9 heteroatoms. The predicted molar refractivity (Wildman–Crippen MR) is 86.5 cm³/mol. The van der Waals surface area contributed by atoms with Crippen LogP contribution in [0.1, 0.15) is 0 Å². The number of nitrogens with zero attached hydrogens (tertiary/aromatic N) is 2. The third-order valence-electron chi connectivity index (χ3n) is 3.76. The molecule has 1 saturated heterocycles. The van der Waals surface area contributed by atoms with E-state index in [4.69, 9.17) is 11.6 Å². The minimum Gasteiger partial charge on any atom is -0.390 e. The molecule has 134 valence electrons. The van der Waals surface area contributed by atoms with E-state index in [9.17, 15) is 23.1 Å². The molecule has 1 aromatic rings. The quantitative estimate of drug-likeness (QED) is 0.783. The number of benzene rings is 1. The van der Waals surface area contributed by atoms with E-state index in [2.05, 4.69) is 5.32 Å². The normalized spacial score (nSPS) is 16.9. The fraction of sp³-hybridized carbons (Fsp3) is 0.533. The van der Waals surface area contributed by atoms with Gasteiger partial charge in [-0.3, -0.25) is 4.79 Å². The standard InChI is InChI=1S/C15H19ClF3N3O2/c16-9-13(23)10-20-11-1-3-12(4-2-11)21-5-7-22(8-6-21)14(24)15(17,18)19/h1-4,13,20,23H,5-10H2. The number of aliphatic hydroxyl groups excluding tert-OH is 1. The van der Waals surface area contributed by atoms with Crippen LogP contribution in [0, 0.1) is 0 Å². The molecule has 24 heavy (non-hydrogen) atoms.